The van der Waals surface area contributed by atoms with Gasteiger partial charge in [-0.1, -0.05) is 36.8 Å². The largest absolute Gasteiger partial charge is 0.463 e. The van der Waals surface area contributed by atoms with Gasteiger partial charge in [0.25, 0.3) is 0 Å². The van der Waals surface area contributed by atoms with E-state index in [1.807, 2.05) is 0 Å². The summed E-state index contributed by atoms with van der Waals surface area (Å²) >= 11 is 0. The lowest BCUT2D eigenvalue weighted by Crippen LogP contribution is -2.22. The number of halogens is 4. The number of unbranched alkanes of at least 4 members (excludes halogenated alkanes) is 2. The Hall–Kier alpha value is -5.48. The van der Waals surface area contributed by atoms with Gasteiger partial charge >= 0.3 is 24.2 Å². The van der Waals surface area contributed by atoms with Gasteiger partial charge in [0.2, 0.25) is 0 Å². The fraction of sp³-hybridized carbons (Fsp3) is 0.222. The molecule has 0 atom stereocenters. The first-order valence-electron chi connectivity index (χ1n) is 14.0. The minimum atomic E-state index is -3.71. The maximum Gasteiger partial charge on any atom is 0.426 e. The molecule has 0 aromatic heterocycles. The standard InChI is InChI=1S/C36H30F4O6/c1-3-33(41)43-25-9-5-7-11-27-13-17-29(18-14-27)35(37,38)45-31-21-23-32(24-22-31)46-36(39,40)30-19-15-28(16-20-30)12-8-6-10-26-44-34(42)4-2/h3-4,13-24H,1-2,5-6,9-10,25-26H2. The van der Waals surface area contributed by atoms with Gasteiger partial charge in [0.05, 0.1) is 24.3 Å². The molecule has 0 saturated carbocycles. The molecular formula is C36H30F4O6. The number of alkyl halides is 4. The SMILES string of the molecule is C=CC(=O)OCCCC#Cc1ccc(C(F)(F)Oc2ccc(OC(F)(F)c3ccc(C#CCCCOC(=O)C=C)cc3)cc2)cc1. The van der Waals surface area contributed by atoms with E-state index in [2.05, 4.69) is 36.8 Å². The van der Waals surface area contributed by atoms with Crippen LogP contribution in [0.3, 0.4) is 0 Å². The van der Waals surface area contributed by atoms with Crippen molar-refractivity contribution in [2.45, 2.75) is 37.9 Å². The summed E-state index contributed by atoms with van der Waals surface area (Å²) in [5.41, 5.74) is 0.161. The summed E-state index contributed by atoms with van der Waals surface area (Å²) < 4.78 is 78.4. The number of ether oxygens (including phenoxy) is 4. The highest BCUT2D eigenvalue weighted by molar-refractivity contribution is 5.81. The summed E-state index contributed by atoms with van der Waals surface area (Å²) in [5.74, 6) is 9.87. The molecule has 0 fully saturated rings. The normalized spacial score (nSPS) is 10.7. The quantitative estimate of drug-likeness (QED) is 0.0596. The first-order valence-corrected chi connectivity index (χ1v) is 14.0. The first kappa shape index (κ1) is 35.0. The third kappa shape index (κ3) is 11.5. The van der Waals surface area contributed by atoms with Crippen LogP contribution in [-0.4, -0.2) is 25.2 Å². The molecule has 0 aliphatic rings. The minimum Gasteiger partial charge on any atom is -0.463 e. The predicted molar refractivity (Wildman–Crippen MR) is 163 cm³/mol. The molecule has 3 rings (SSSR count). The molecule has 46 heavy (non-hydrogen) atoms. The lowest BCUT2D eigenvalue weighted by Gasteiger charge is -2.20. The van der Waals surface area contributed by atoms with E-state index in [9.17, 15) is 27.2 Å². The van der Waals surface area contributed by atoms with Gasteiger partial charge < -0.3 is 18.9 Å². The minimum absolute atomic E-state index is 0.198. The summed E-state index contributed by atoms with van der Waals surface area (Å²) in [7, 11) is 0. The van der Waals surface area contributed by atoms with Gasteiger partial charge in [-0.3, -0.25) is 0 Å². The van der Waals surface area contributed by atoms with E-state index in [0.29, 0.717) is 36.8 Å². The highest BCUT2D eigenvalue weighted by Crippen LogP contribution is 2.35. The molecule has 6 nitrogen and oxygen atoms in total. The molecule has 0 bridgehead atoms. The Bertz CT molecular complexity index is 1490. The lowest BCUT2D eigenvalue weighted by atomic mass is 10.1. The van der Waals surface area contributed by atoms with E-state index in [0.717, 1.165) is 36.4 Å². The molecule has 0 radical (unpaired) electrons. The van der Waals surface area contributed by atoms with E-state index < -0.39 is 35.3 Å². The first-order chi connectivity index (χ1) is 22.0. The monoisotopic (exact) mass is 634 g/mol. The van der Waals surface area contributed by atoms with Crippen molar-refractivity contribution in [3.8, 4) is 35.2 Å². The van der Waals surface area contributed by atoms with E-state index >= 15 is 0 Å². The van der Waals surface area contributed by atoms with Crippen molar-refractivity contribution in [3.05, 3.63) is 120 Å². The second-order valence-corrected chi connectivity index (χ2v) is 9.42. The highest BCUT2D eigenvalue weighted by Gasteiger charge is 2.36. The number of rotatable bonds is 14. The van der Waals surface area contributed by atoms with E-state index in [-0.39, 0.29) is 24.7 Å². The summed E-state index contributed by atoms with van der Waals surface area (Å²) in [5, 5.41) is 0. The molecular weight excluding hydrogens is 604 g/mol. The Morgan fingerprint density at radius 2 is 0.957 bits per heavy atom. The number of hydrogen-bond donors (Lipinski definition) is 0. The van der Waals surface area contributed by atoms with Crippen LogP contribution in [0.1, 0.15) is 47.9 Å². The second-order valence-electron chi connectivity index (χ2n) is 9.42. The van der Waals surface area contributed by atoms with Crippen molar-refractivity contribution in [1.82, 2.24) is 0 Å². The molecule has 0 aliphatic heterocycles. The number of carbonyl (C=O) groups excluding carboxylic acids is 2. The topological polar surface area (TPSA) is 71.1 Å². The van der Waals surface area contributed by atoms with Crippen LogP contribution in [0.4, 0.5) is 17.6 Å². The molecule has 0 unspecified atom stereocenters. The number of esters is 2. The second kappa shape index (κ2) is 17.1. The summed E-state index contributed by atoms with van der Waals surface area (Å²) in [6, 6.07) is 14.8. The molecule has 238 valence electrons. The van der Waals surface area contributed by atoms with Crippen LogP contribution in [0.15, 0.2) is 98.1 Å². The van der Waals surface area contributed by atoms with Crippen LogP contribution < -0.4 is 9.47 Å². The smallest absolute Gasteiger partial charge is 0.426 e. The Balaban J connectivity index is 1.51. The molecule has 0 heterocycles. The van der Waals surface area contributed by atoms with E-state index in [4.69, 9.17) is 18.9 Å². The molecule has 3 aromatic carbocycles. The fourth-order valence-corrected chi connectivity index (χ4v) is 3.60. The Morgan fingerprint density at radius 1 is 0.609 bits per heavy atom. The van der Waals surface area contributed by atoms with Crippen LogP contribution in [0.2, 0.25) is 0 Å². The highest BCUT2D eigenvalue weighted by atomic mass is 19.3. The van der Waals surface area contributed by atoms with E-state index in [1.54, 1.807) is 0 Å². The summed E-state index contributed by atoms with van der Waals surface area (Å²) in [4.78, 5) is 22.0. The Labute approximate surface area is 264 Å². The zero-order valence-corrected chi connectivity index (χ0v) is 24.7. The average Bonchev–Trinajstić information content (AvgIpc) is 3.05. The summed E-state index contributed by atoms with van der Waals surface area (Å²) in [6.07, 6.45) is -3.37. The maximum absolute atomic E-state index is 14.8. The zero-order chi connectivity index (χ0) is 33.4. The lowest BCUT2D eigenvalue weighted by molar-refractivity contribution is -0.188. The maximum atomic E-state index is 14.8. The molecule has 3 aromatic rings. The van der Waals surface area contributed by atoms with Crippen LogP contribution in [-0.2, 0) is 31.3 Å². The van der Waals surface area contributed by atoms with Gasteiger partial charge in [-0.2, -0.15) is 17.6 Å². The van der Waals surface area contributed by atoms with Gasteiger partial charge in [0, 0.05) is 36.1 Å². The average molecular weight is 635 g/mol. The molecule has 0 N–H and O–H groups in total. The van der Waals surface area contributed by atoms with Crippen LogP contribution in [0.5, 0.6) is 11.5 Å². The van der Waals surface area contributed by atoms with Crippen LogP contribution in [0, 0.1) is 23.7 Å². The van der Waals surface area contributed by atoms with Gasteiger partial charge in [0.1, 0.15) is 11.5 Å². The van der Waals surface area contributed by atoms with Crippen molar-refractivity contribution >= 4 is 11.9 Å². The molecule has 0 aliphatic carbocycles. The molecule has 0 spiro atoms. The van der Waals surface area contributed by atoms with Crippen LogP contribution >= 0.6 is 0 Å². The Morgan fingerprint density at radius 3 is 1.28 bits per heavy atom. The van der Waals surface area contributed by atoms with Crippen molar-refractivity contribution in [2.75, 3.05) is 13.2 Å². The van der Waals surface area contributed by atoms with Gasteiger partial charge in [-0.25, -0.2) is 9.59 Å². The number of carbonyl (C=O) groups is 2. The number of benzene rings is 3. The third-order valence-corrected chi connectivity index (χ3v) is 5.94. The van der Waals surface area contributed by atoms with Gasteiger partial charge in [0.15, 0.2) is 0 Å². The van der Waals surface area contributed by atoms with Gasteiger partial charge in [-0.15, -0.1) is 0 Å². The van der Waals surface area contributed by atoms with E-state index in [1.165, 1.54) is 48.5 Å². The van der Waals surface area contributed by atoms with Gasteiger partial charge in [-0.05, 0) is 85.6 Å². The van der Waals surface area contributed by atoms with Crippen molar-refractivity contribution in [3.63, 3.8) is 0 Å². The molecule has 10 heteroatoms. The Kier molecular flexibility index (Phi) is 13.0. The van der Waals surface area contributed by atoms with Crippen molar-refractivity contribution in [2.24, 2.45) is 0 Å². The fourth-order valence-electron chi connectivity index (χ4n) is 3.60. The molecule has 0 amide bonds. The number of hydrogen-bond acceptors (Lipinski definition) is 6. The third-order valence-electron chi connectivity index (χ3n) is 5.94. The zero-order valence-electron chi connectivity index (χ0n) is 24.7. The summed E-state index contributed by atoms with van der Waals surface area (Å²) in [6.45, 7) is 6.99. The van der Waals surface area contributed by atoms with Crippen molar-refractivity contribution < 1.29 is 46.1 Å². The van der Waals surface area contributed by atoms with Crippen molar-refractivity contribution in [1.29, 1.82) is 0 Å². The molecule has 0 saturated heterocycles. The predicted octanol–water partition coefficient (Wildman–Crippen LogP) is 7.67. The van der Waals surface area contributed by atoms with Crippen LogP contribution in [0.25, 0.3) is 0 Å².